The molecular formula is C36H48NO3PY-2. The van der Waals surface area contributed by atoms with Gasteiger partial charge in [-0.1, -0.05) is 128 Å². The maximum absolute atomic E-state index is 14.7. The predicted octanol–water partition coefficient (Wildman–Crippen LogP) is 7.68. The minimum Gasteiger partial charge on any atom is -0.504 e. The van der Waals surface area contributed by atoms with E-state index in [1.165, 1.54) is 0 Å². The first-order chi connectivity index (χ1) is 19.1. The topological polar surface area (TPSA) is 63.2 Å². The van der Waals surface area contributed by atoms with Crippen LogP contribution in [0.3, 0.4) is 0 Å². The van der Waals surface area contributed by atoms with Crippen molar-refractivity contribution in [2.24, 2.45) is 16.7 Å². The fourth-order valence-corrected chi connectivity index (χ4v) is 7.71. The van der Waals surface area contributed by atoms with E-state index in [0.717, 1.165) is 31.2 Å². The first-order valence-corrected chi connectivity index (χ1v) is 16.2. The molecule has 0 saturated carbocycles. The van der Waals surface area contributed by atoms with E-state index in [1.54, 1.807) is 6.07 Å². The molecule has 0 saturated heterocycles. The minimum absolute atomic E-state index is 0. The van der Waals surface area contributed by atoms with Crippen molar-refractivity contribution in [1.29, 1.82) is 0 Å². The summed E-state index contributed by atoms with van der Waals surface area (Å²) in [5.74, 6) is -0.133. The van der Waals surface area contributed by atoms with Crippen molar-refractivity contribution in [2.45, 2.75) is 74.1 Å². The molecular weight excluding hydrogens is 614 g/mol. The number of carbonyl (C=O) groups is 2. The van der Waals surface area contributed by atoms with Crippen LogP contribution in [0.2, 0.25) is 0 Å². The van der Waals surface area contributed by atoms with Gasteiger partial charge >= 0.3 is 0 Å². The van der Waals surface area contributed by atoms with Crippen molar-refractivity contribution in [1.82, 2.24) is 5.32 Å². The molecule has 0 aliphatic carbocycles. The van der Waals surface area contributed by atoms with Crippen LogP contribution in [0.1, 0.15) is 83.7 Å². The molecule has 0 heterocycles. The van der Waals surface area contributed by atoms with Crippen LogP contribution in [0.15, 0.2) is 78.9 Å². The molecule has 1 N–H and O–H groups in total. The Labute approximate surface area is 280 Å². The molecule has 4 nitrogen and oxygen atoms in total. The van der Waals surface area contributed by atoms with E-state index in [1.807, 2.05) is 93.6 Å². The summed E-state index contributed by atoms with van der Waals surface area (Å²) in [6, 6.07) is 24.5. The number of nitrogens with one attached hydrogen (secondary N) is 1. The molecule has 3 rings (SSSR count). The van der Waals surface area contributed by atoms with Crippen LogP contribution in [0, 0.1) is 30.7 Å². The number of Topliss-reactive ketones (excluding diaryl/α,β-unsaturated/α-hetero) is 1. The number of rotatable bonds is 9. The third kappa shape index (κ3) is 10.7. The summed E-state index contributed by atoms with van der Waals surface area (Å²) in [6.45, 7) is 18.4. The summed E-state index contributed by atoms with van der Waals surface area (Å²) in [6.07, 6.45) is 3.87. The summed E-state index contributed by atoms with van der Waals surface area (Å²) < 4.78 is 14.7. The molecule has 42 heavy (non-hydrogen) atoms. The standard InChI is InChI=1S/C24H25NO2P.C12H23O.Y/c1-3-4-11-19-16-17-22(24(26)25-2)23(18-19)28(27,20-12-7-5-8-13-20)21-14-9-6-10-15-21;1-9(8-11(2,3)4)10(13)12(5,6)7;/h5-10,12-18H,2-4,11H2,1H3,(H,25,26);9H,1,8H2,2-7H3;/q2*-1;. The zero-order chi connectivity index (χ0) is 30.8. The molecule has 0 aliphatic heterocycles. The molecule has 1 atom stereocenters. The Morgan fingerprint density at radius 3 is 1.76 bits per heavy atom. The monoisotopic (exact) mass is 662 g/mol. The van der Waals surface area contributed by atoms with Gasteiger partial charge in [0.05, 0.1) is 0 Å². The van der Waals surface area contributed by atoms with Gasteiger partial charge in [0.15, 0.2) is 7.14 Å². The van der Waals surface area contributed by atoms with Crippen molar-refractivity contribution in [2.75, 3.05) is 0 Å². The number of hydrogen-bond donors (Lipinski definition) is 1. The first kappa shape index (κ1) is 38.2. The molecule has 3 aromatic rings. The maximum atomic E-state index is 14.7. The molecule has 225 valence electrons. The van der Waals surface area contributed by atoms with Crippen molar-refractivity contribution in [3.05, 3.63) is 104 Å². The molecule has 1 unspecified atom stereocenters. The molecule has 0 fully saturated rings. The van der Waals surface area contributed by atoms with Crippen LogP contribution in [0.25, 0.3) is 0 Å². The smallest absolute Gasteiger partial charge is 0.222 e. The number of carbonyl (C=O) groups excluding carboxylic acids is 2. The van der Waals surface area contributed by atoms with Crippen LogP contribution < -0.4 is 21.2 Å². The Kier molecular flexibility index (Phi) is 15.3. The van der Waals surface area contributed by atoms with Crippen molar-refractivity contribution < 1.29 is 46.9 Å². The maximum Gasteiger partial charge on any atom is 0.222 e. The van der Waals surface area contributed by atoms with Gasteiger partial charge in [-0.2, -0.15) is 0 Å². The van der Waals surface area contributed by atoms with Crippen LogP contribution in [-0.4, -0.2) is 11.7 Å². The van der Waals surface area contributed by atoms with Gasteiger partial charge in [-0.15, -0.1) is 5.92 Å². The van der Waals surface area contributed by atoms with E-state index in [4.69, 9.17) is 0 Å². The van der Waals surface area contributed by atoms with E-state index in [9.17, 15) is 14.2 Å². The third-order valence-corrected chi connectivity index (χ3v) is 9.93. The molecule has 0 bridgehead atoms. The summed E-state index contributed by atoms with van der Waals surface area (Å²) in [4.78, 5) is 24.4. The largest absolute Gasteiger partial charge is 0.504 e. The van der Waals surface area contributed by atoms with Gasteiger partial charge in [0.1, 0.15) is 5.78 Å². The zero-order valence-corrected chi connectivity index (χ0v) is 30.3. The van der Waals surface area contributed by atoms with Gasteiger partial charge < -0.3 is 21.6 Å². The van der Waals surface area contributed by atoms with Gasteiger partial charge in [-0.3, -0.25) is 11.8 Å². The Balaban J connectivity index is 0.000000537. The number of ketones is 1. The van der Waals surface area contributed by atoms with Crippen LogP contribution in [0.5, 0.6) is 0 Å². The second kappa shape index (κ2) is 16.8. The molecule has 1 radical (unpaired) electrons. The number of amides is 1. The molecule has 1 amide bonds. The summed E-state index contributed by atoms with van der Waals surface area (Å²) in [7, 11) is 0.285. The van der Waals surface area contributed by atoms with E-state index in [2.05, 4.69) is 47.0 Å². The number of benzene rings is 3. The van der Waals surface area contributed by atoms with Crippen LogP contribution in [-0.2, 0) is 48.5 Å². The van der Waals surface area contributed by atoms with Gasteiger partial charge in [-0.05, 0) is 36.0 Å². The SMILES string of the molecule is [CH2-]C(CC(C)(C)C)C(=O)C(C)(C)C.[CH2-]NC(=O)c1ccc(CCCC)cc1P(=O)(c1ccccc1)c1ccccc1.[Y]. The van der Waals surface area contributed by atoms with Gasteiger partial charge in [0.25, 0.3) is 0 Å². The van der Waals surface area contributed by atoms with Crippen molar-refractivity contribution in [3.63, 3.8) is 0 Å². The van der Waals surface area contributed by atoms with Crippen LogP contribution in [0.4, 0.5) is 0 Å². The van der Waals surface area contributed by atoms with Gasteiger partial charge in [0.2, 0.25) is 5.91 Å². The summed E-state index contributed by atoms with van der Waals surface area (Å²) in [5.41, 5.74) is 1.43. The average molecular weight is 663 g/mol. The molecule has 6 heteroatoms. The second-order valence-corrected chi connectivity index (χ2v) is 15.6. The van der Waals surface area contributed by atoms with E-state index >= 15 is 0 Å². The van der Waals surface area contributed by atoms with E-state index in [0.29, 0.717) is 21.5 Å². The van der Waals surface area contributed by atoms with Gasteiger partial charge in [-0.25, -0.2) is 0 Å². The minimum atomic E-state index is -3.23. The zero-order valence-electron chi connectivity index (χ0n) is 26.6. The predicted molar refractivity (Wildman–Crippen MR) is 175 cm³/mol. The Hall–Kier alpha value is -1.87. The Morgan fingerprint density at radius 1 is 0.857 bits per heavy atom. The van der Waals surface area contributed by atoms with Crippen molar-refractivity contribution in [3.8, 4) is 0 Å². The van der Waals surface area contributed by atoms with Gasteiger partial charge in [0, 0.05) is 59.6 Å². The molecule has 0 aliphatic rings. The van der Waals surface area contributed by atoms with E-state index < -0.39 is 7.14 Å². The first-order valence-electron chi connectivity index (χ1n) is 14.4. The number of hydrogen-bond acceptors (Lipinski definition) is 3. The fourth-order valence-electron chi connectivity index (χ4n) is 4.81. The normalized spacial score (nSPS) is 12.3. The molecule has 3 aromatic carbocycles. The van der Waals surface area contributed by atoms with Crippen molar-refractivity contribution >= 4 is 34.7 Å². The molecule has 0 spiro atoms. The quantitative estimate of drug-likeness (QED) is 0.189. The molecule has 0 aromatic heterocycles. The summed E-state index contributed by atoms with van der Waals surface area (Å²) in [5, 5.41) is 4.45. The summed E-state index contributed by atoms with van der Waals surface area (Å²) >= 11 is 0. The number of unbranched alkanes of at least 4 members (excludes halogenated alkanes) is 1. The fraction of sp³-hybridized carbons (Fsp3) is 0.389. The second-order valence-electron chi connectivity index (χ2n) is 12.8. The number of aryl methyl sites for hydroxylation is 1. The third-order valence-electron chi connectivity index (χ3n) is 6.83. The Bertz CT molecular complexity index is 1280. The average Bonchev–Trinajstić information content (AvgIpc) is 2.94. The van der Waals surface area contributed by atoms with E-state index in [-0.39, 0.29) is 61.1 Å². The Morgan fingerprint density at radius 2 is 1.36 bits per heavy atom. The van der Waals surface area contributed by atoms with Crippen LogP contribution >= 0.6 is 7.14 Å².